The van der Waals surface area contributed by atoms with E-state index in [1.54, 1.807) is 25.3 Å². The summed E-state index contributed by atoms with van der Waals surface area (Å²) in [6, 6.07) is 12.2. The van der Waals surface area contributed by atoms with Crippen LogP contribution in [0.15, 0.2) is 42.5 Å². The first kappa shape index (κ1) is 14.9. The van der Waals surface area contributed by atoms with Gasteiger partial charge in [-0.2, -0.15) is 0 Å². The third-order valence-electron chi connectivity index (χ3n) is 2.87. The maximum Gasteiger partial charge on any atom is 0.337 e. The van der Waals surface area contributed by atoms with Crippen molar-refractivity contribution in [3.05, 3.63) is 53.6 Å². The molecule has 0 saturated heterocycles. The van der Waals surface area contributed by atoms with Crippen molar-refractivity contribution in [2.75, 3.05) is 20.0 Å². The highest BCUT2D eigenvalue weighted by Gasteiger charge is 2.10. The van der Waals surface area contributed by atoms with Gasteiger partial charge >= 0.3 is 5.97 Å². The number of carbonyl (C=O) groups excluding carboxylic acids is 1. The molecule has 2 aromatic carbocycles. The number of anilines is 1. The second-order valence-electron chi connectivity index (χ2n) is 4.43. The molecule has 0 aliphatic carbocycles. The summed E-state index contributed by atoms with van der Waals surface area (Å²) in [7, 11) is 2.96. The first-order valence-corrected chi connectivity index (χ1v) is 6.37. The summed E-state index contributed by atoms with van der Waals surface area (Å²) in [4.78, 5) is 11.5. The number of methoxy groups -OCH3 is 2. The standard InChI is InChI=1S/C16H17NO4/c1-19-10-11-4-3-5-13(8-11)21-15-9-12(16(18)20-2)6-7-14(15)17/h3-9H,10,17H2,1-2H3. The van der Waals surface area contributed by atoms with E-state index in [0.717, 1.165) is 5.56 Å². The molecule has 0 bridgehead atoms. The second-order valence-corrected chi connectivity index (χ2v) is 4.43. The van der Waals surface area contributed by atoms with Gasteiger partial charge in [0.2, 0.25) is 0 Å². The van der Waals surface area contributed by atoms with E-state index in [0.29, 0.717) is 29.4 Å². The highest BCUT2D eigenvalue weighted by Crippen LogP contribution is 2.29. The van der Waals surface area contributed by atoms with Crippen molar-refractivity contribution in [1.82, 2.24) is 0 Å². The molecule has 0 amide bonds. The minimum absolute atomic E-state index is 0.384. The molecule has 0 spiro atoms. The van der Waals surface area contributed by atoms with Gasteiger partial charge in [0.25, 0.3) is 0 Å². The Morgan fingerprint density at radius 2 is 1.95 bits per heavy atom. The average Bonchev–Trinajstić information content (AvgIpc) is 2.49. The van der Waals surface area contributed by atoms with Gasteiger partial charge in [-0.25, -0.2) is 4.79 Å². The normalized spacial score (nSPS) is 10.2. The molecule has 0 radical (unpaired) electrons. The van der Waals surface area contributed by atoms with E-state index >= 15 is 0 Å². The van der Waals surface area contributed by atoms with E-state index in [-0.39, 0.29) is 0 Å². The number of carbonyl (C=O) groups is 1. The number of hydrogen-bond donors (Lipinski definition) is 1. The number of rotatable bonds is 5. The molecular weight excluding hydrogens is 270 g/mol. The molecule has 110 valence electrons. The van der Waals surface area contributed by atoms with Gasteiger partial charge in [0.05, 0.1) is 25.0 Å². The third-order valence-corrected chi connectivity index (χ3v) is 2.87. The molecule has 2 aromatic rings. The van der Waals surface area contributed by atoms with Crippen LogP contribution < -0.4 is 10.5 Å². The molecule has 0 fully saturated rings. The number of esters is 1. The van der Waals surface area contributed by atoms with E-state index in [9.17, 15) is 4.79 Å². The maximum absolute atomic E-state index is 11.5. The molecule has 5 nitrogen and oxygen atoms in total. The lowest BCUT2D eigenvalue weighted by molar-refractivity contribution is 0.0600. The number of nitrogen functional groups attached to an aromatic ring is 1. The Labute approximate surface area is 123 Å². The fraction of sp³-hybridized carbons (Fsp3) is 0.188. The van der Waals surface area contributed by atoms with Gasteiger partial charge in [0.1, 0.15) is 5.75 Å². The predicted octanol–water partition coefficient (Wildman–Crippen LogP) is 2.99. The predicted molar refractivity (Wildman–Crippen MR) is 79.4 cm³/mol. The average molecular weight is 287 g/mol. The van der Waals surface area contributed by atoms with Gasteiger partial charge in [0, 0.05) is 7.11 Å². The summed E-state index contributed by atoms with van der Waals surface area (Å²) in [5, 5.41) is 0. The second kappa shape index (κ2) is 6.76. The summed E-state index contributed by atoms with van der Waals surface area (Å²) in [6.07, 6.45) is 0. The van der Waals surface area contributed by atoms with Gasteiger partial charge in [-0.1, -0.05) is 12.1 Å². The van der Waals surface area contributed by atoms with Crippen molar-refractivity contribution >= 4 is 11.7 Å². The maximum atomic E-state index is 11.5. The molecule has 2 rings (SSSR count). The molecule has 21 heavy (non-hydrogen) atoms. The minimum Gasteiger partial charge on any atom is -0.465 e. The third kappa shape index (κ3) is 3.73. The van der Waals surface area contributed by atoms with Crippen LogP contribution in [0.3, 0.4) is 0 Å². The molecule has 0 aromatic heterocycles. The van der Waals surface area contributed by atoms with Crippen molar-refractivity contribution in [3.63, 3.8) is 0 Å². The quantitative estimate of drug-likeness (QED) is 0.676. The summed E-state index contributed by atoms with van der Waals surface area (Å²) in [6.45, 7) is 0.495. The Morgan fingerprint density at radius 1 is 1.14 bits per heavy atom. The van der Waals surface area contributed by atoms with Crippen LogP contribution in [-0.2, 0) is 16.1 Å². The zero-order valence-corrected chi connectivity index (χ0v) is 12.0. The van der Waals surface area contributed by atoms with Crippen LogP contribution in [-0.4, -0.2) is 20.2 Å². The Bertz CT molecular complexity index is 640. The van der Waals surface area contributed by atoms with Crippen molar-refractivity contribution in [2.45, 2.75) is 6.61 Å². The highest BCUT2D eigenvalue weighted by atomic mass is 16.5. The number of ether oxygens (including phenoxy) is 3. The molecular formula is C16H17NO4. The van der Waals surface area contributed by atoms with Crippen LogP contribution in [0.5, 0.6) is 11.5 Å². The van der Waals surface area contributed by atoms with Crippen LogP contribution in [0.1, 0.15) is 15.9 Å². The monoisotopic (exact) mass is 287 g/mol. The number of nitrogens with two attached hydrogens (primary N) is 1. The van der Waals surface area contributed by atoms with E-state index in [1.807, 2.05) is 24.3 Å². The van der Waals surface area contributed by atoms with Crippen LogP contribution in [0.25, 0.3) is 0 Å². The zero-order valence-electron chi connectivity index (χ0n) is 12.0. The summed E-state index contributed by atoms with van der Waals surface area (Å²) in [5.74, 6) is 0.596. The molecule has 0 atom stereocenters. The molecule has 2 N–H and O–H groups in total. The lowest BCUT2D eigenvalue weighted by Crippen LogP contribution is -2.02. The summed E-state index contributed by atoms with van der Waals surface area (Å²) >= 11 is 0. The topological polar surface area (TPSA) is 70.8 Å². The highest BCUT2D eigenvalue weighted by molar-refractivity contribution is 5.90. The van der Waals surface area contributed by atoms with Crippen molar-refractivity contribution in [2.24, 2.45) is 0 Å². The lowest BCUT2D eigenvalue weighted by Gasteiger charge is -2.11. The van der Waals surface area contributed by atoms with Crippen LogP contribution in [0, 0.1) is 0 Å². The van der Waals surface area contributed by atoms with E-state index in [1.165, 1.54) is 7.11 Å². The van der Waals surface area contributed by atoms with Gasteiger partial charge in [-0.3, -0.25) is 0 Å². The first-order valence-electron chi connectivity index (χ1n) is 6.37. The van der Waals surface area contributed by atoms with Crippen molar-refractivity contribution < 1.29 is 19.0 Å². The number of benzene rings is 2. The van der Waals surface area contributed by atoms with Gasteiger partial charge < -0.3 is 19.9 Å². The largest absolute Gasteiger partial charge is 0.465 e. The van der Waals surface area contributed by atoms with Gasteiger partial charge in [-0.15, -0.1) is 0 Å². The van der Waals surface area contributed by atoms with E-state index in [2.05, 4.69) is 4.74 Å². The van der Waals surface area contributed by atoms with E-state index in [4.69, 9.17) is 15.2 Å². The fourth-order valence-electron chi connectivity index (χ4n) is 1.86. The number of hydrogen-bond acceptors (Lipinski definition) is 5. The molecule has 5 heteroatoms. The van der Waals surface area contributed by atoms with Crippen LogP contribution >= 0.6 is 0 Å². The minimum atomic E-state index is -0.437. The van der Waals surface area contributed by atoms with Crippen molar-refractivity contribution in [1.29, 1.82) is 0 Å². The molecule has 0 aliphatic rings. The smallest absolute Gasteiger partial charge is 0.337 e. The summed E-state index contributed by atoms with van der Waals surface area (Å²) < 4.78 is 15.5. The van der Waals surface area contributed by atoms with Crippen LogP contribution in [0.2, 0.25) is 0 Å². The molecule has 0 aliphatic heterocycles. The van der Waals surface area contributed by atoms with Gasteiger partial charge in [0.15, 0.2) is 5.75 Å². The van der Waals surface area contributed by atoms with E-state index < -0.39 is 5.97 Å². The SMILES string of the molecule is COCc1cccc(Oc2cc(C(=O)OC)ccc2N)c1. The van der Waals surface area contributed by atoms with Gasteiger partial charge in [-0.05, 0) is 35.9 Å². The van der Waals surface area contributed by atoms with Crippen LogP contribution in [0.4, 0.5) is 5.69 Å². The summed E-state index contributed by atoms with van der Waals surface area (Å²) in [5.41, 5.74) is 7.69. The van der Waals surface area contributed by atoms with Crippen molar-refractivity contribution in [3.8, 4) is 11.5 Å². The molecule has 0 saturated carbocycles. The fourth-order valence-corrected chi connectivity index (χ4v) is 1.86. The Morgan fingerprint density at radius 3 is 2.67 bits per heavy atom. The lowest BCUT2D eigenvalue weighted by atomic mass is 10.2. The Kier molecular flexibility index (Phi) is 4.79. The zero-order chi connectivity index (χ0) is 15.2. The molecule has 0 heterocycles. The Balaban J connectivity index is 2.26. The Hall–Kier alpha value is -2.53. The molecule has 0 unspecified atom stereocenters. The first-order chi connectivity index (χ1) is 10.1.